The van der Waals surface area contributed by atoms with Crippen LogP contribution in [0, 0.1) is 6.92 Å². The average Bonchev–Trinajstić information content (AvgIpc) is 2.93. The summed E-state index contributed by atoms with van der Waals surface area (Å²) in [6.07, 6.45) is -0.418. The number of fused-ring (bicyclic) bond motifs is 6. The lowest BCUT2D eigenvalue weighted by molar-refractivity contribution is -0.126. The number of phenolic OH excluding ortho intramolecular Hbond substituents is 2. The Balaban J connectivity index is 1.72. The number of hydrogen-bond acceptors (Lipinski definition) is 11. The number of piperazine rings is 1. The third-order valence-corrected chi connectivity index (χ3v) is 9.21. The van der Waals surface area contributed by atoms with Crippen LogP contribution < -0.4 is 15.8 Å². The maximum atomic E-state index is 13.8. The highest BCUT2D eigenvalue weighted by Gasteiger charge is 2.57. The number of allylic oxidation sites excluding steroid dienone is 2. The van der Waals surface area contributed by atoms with Crippen LogP contribution in [0.2, 0.25) is 0 Å². The first kappa shape index (κ1) is 29.1. The SMILES string of the molecule is COC1=C(C)C(=O)C2=C(C1=O)[C@H](CNC(=O)[C@@H](C)N)N1C[C@@H]3[C@@H](OC)c4c(O)c(C)c(OC)c(O)c4[C@H]([C@@H]1C2)N3C. The number of carbonyl (C=O) groups excluding carboxylic acids is 3. The van der Waals surface area contributed by atoms with Crippen LogP contribution >= 0.6 is 0 Å². The van der Waals surface area contributed by atoms with E-state index in [1.165, 1.54) is 14.2 Å². The van der Waals surface area contributed by atoms with E-state index in [1.54, 1.807) is 27.9 Å². The molecule has 1 aromatic rings. The molecule has 4 aliphatic rings. The minimum absolute atomic E-state index is 0.00654. The molecule has 0 radical (unpaired) electrons. The molecule has 1 saturated heterocycles. The molecule has 0 spiro atoms. The second kappa shape index (κ2) is 10.4. The summed E-state index contributed by atoms with van der Waals surface area (Å²) >= 11 is 0. The zero-order valence-electron chi connectivity index (χ0n) is 24.4. The van der Waals surface area contributed by atoms with Gasteiger partial charge in [0.1, 0.15) is 11.9 Å². The van der Waals surface area contributed by atoms with Crippen molar-refractivity contribution in [2.45, 2.75) is 63.5 Å². The van der Waals surface area contributed by atoms with E-state index < -0.39 is 30.3 Å². The quantitative estimate of drug-likeness (QED) is 0.282. The number of nitrogens with zero attached hydrogens (tertiary/aromatic N) is 2. The van der Waals surface area contributed by atoms with E-state index in [0.29, 0.717) is 34.4 Å². The fraction of sp³-hybridized carbons (Fsp3) is 0.552. The fourth-order valence-electron chi connectivity index (χ4n) is 7.24. The molecule has 1 fully saturated rings. The number of phenols is 2. The van der Waals surface area contributed by atoms with Crippen LogP contribution in [0.1, 0.15) is 49.1 Å². The van der Waals surface area contributed by atoms with Gasteiger partial charge in [0, 0.05) is 59.7 Å². The molecule has 0 aromatic heterocycles. The number of amides is 1. The number of benzene rings is 1. The summed E-state index contributed by atoms with van der Waals surface area (Å²) in [6.45, 7) is 5.24. The number of Topliss-reactive ketones (excluding diaryl/α,β-unsaturated/α-hetero) is 2. The van der Waals surface area contributed by atoms with E-state index in [0.717, 1.165) is 0 Å². The highest BCUT2D eigenvalue weighted by atomic mass is 16.5. The first-order valence-electron chi connectivity index (χ1n) is 13.6. The predicted molar refractivity (Wildman–Crippen MR) is 147 cm³/mol. The van der Waals surface area contributed by atoms with E-state index in [9.17, 15) is 24.6 Å². The van der Waals surface area contributed by atoms with E-state index >= 15 is 0 Å². The van der Waals surface area contributed by atoms with Gasteiger partial charge in [-0.15, -0.1) is 0 Å². The fourth-order valence-corrected chi connectivity index (χ4v) is 7.24. The first-order valence-corrected chi connectivity index (χ1v) is 13.6. The van der Waals surface area contributed by atoms with Crippen molar-refractivity contribution in [3.05, 3.63) is 39.2 Å². The van der Waals surface area contributed by atoms with Gasteiger partial charge in [-0.3, -0.25) is 24.2 Å². The lowest BCUT2D eigenvalue weighted by Crippen LogP contribution is -2.68. The number of ether oxygens (including phenoxy) is 3. The Morgan fingerprint density at radius 1 is 1.07 bits per heavy atom. The third-order valence-electron chi connectivity index (χ3n) is 9.21. The van der Waals surface area contributed by atoms with Gasteiger partial charge >= 0.3 is 0 Å². The molecule has 41 heavy (non-hydrogen) atoms. The number of nitrogens with one attached hydrogen (secondary N) is 1. The van der Waals surface area contributed by atoms with Gasteiger partial charge in [-0.25, -0.2) is 0 Å². The summed E-state index contributed by atoms with van der Waals surface area (Å²) in [5.74, 6) is -1.03. The second-order valence-corrected chi connectivity index (χ2v) is 11.2. The standard InChI is InChI=1S/C29H38N4O8/c1-11-22(34)14-8-15-21-19-20(23(35)12(2)27(40-6)25(19)37)28(41-7)17(32(21)4)10-33(15)16(9-31-29(38)13(3)30)18(14)24(36)26(11)39-5/h13,15-17,21,28,35,37H,8-10,30H2,1-7H3,(H,31,38)/t13-,15+,16+,17-,21+,28-/m1/s1. The largest absolute Gasteiger partial charge is 0.507 e. The van der Waals surface area contributed by atoms with Gasteiger partial charge in [0.2, 0.25) is 11.7 Å². The number of nitrogens with two attached hydrogens (primary N) is 1. The van der Waals surface area contributed by atoms with E-state index in [1.807, 2.05) is 7.05 Å². The van der Waals surface area contributed by atoms with Crippen LogP contribution in [0.4, 0.5) is 0 Å². The minimum atomic E-state index is -0.768. The predicted octanol–water partition coefficient (Wildman–Crippen LogP) is 0.746. The normalized spacial score (nSPS) is 28.6. The van der Waals surface area contributed by atoms with Crippen molar-refractivity contribution < 1.29 is 38.8 Å². The molecule has 222 valence electrons. The van der Waals surface area contributed by atoms with E-state index in [-0.39, 0.29) is 65.1 Å². The van der Waals surface area contributed by atoms with Crippen molar-refractivity contribution in [1.82, 2.24) is 15.1 Å². The van der Waals surface area contributed by atoms with Crippen LogP contribution in [-0.4, -0.2) is 103 Å². The lowest BCUT2D eigenvalue weighted by atomic mass is 9.70. The van der Waals surface area contributed by atoms with Crippen molar-refractivity contribution in [3.63, 3.8) is 0 Å². The minimum Gasteiger partial charge on any atom is -0.507 e. The molecule has 3 heterocycles. The van der Waals surface area contributed by atoms with Crippen molar-refractivity contribution in [3.8, 4) is 17.2 Å². The highest BCUT2D eigenvalue weighted by molar-refractivity contribution is 6.25. The summed E-state index contributed by atoms with van der Waals surface area (Å²) in [4.78, 5) is 44.2. The van der Waals surface area contributed by atoms with Gasteiger partial charge in [-0.05, 0) is 34.2 Å². The summed E-state index contributed by atoms with van der Waals surface area (Å²) in [5, 5.41) is 25.7. The van der Waals surface area contributed by atoms with Crippen LogP contribution in [0.5, 0.6) is 17.2 Å². The Bertz CT molecular complexity index is 1400. The molecule has 5 rings (SSSR count). The molecule has 3 aliphatic heterocycles. The number of ketones is 2. The number of likely N-dealkylation sites (N-methyl/N-ethyl adjacent to an activating group) is 1. The molecule has 6 atom stereocenters. The smallest absolute Gasteiger partial charge is 0.236 e. The van der Waals surface area contributed by atoms with Crippen LogP contribution in [0.3, 0.4) is 0 Å². The third kappa shape index (κ3) is 4.07. The Labute approximate surface area is 238 Å². The first-order chi connectivity index (χ1) is 19.4. The molecule has 0 unspecified atom stereocenters. The highest BCUT2D eigenvalue weighted by Crippen LogP contribution is 2.58. The second-order valence-electron chi connectivity index (χ2n) is 11.2. The summed E-state index contributed by atoms with van der Waals surface area (Å²) in [6, 6.07) is -2.66. The van der Waals surface area contributed by atoms with Gasteiger partial charge in [0.05, 0.1) is 38.4 Å². The Morgan fingerprint density at radius 3 is 2.34 bits per heavy atom. The van der Waals surface area contributed by atoms with Crippen molar-refractivity contribution in [1.29, 1.82) is 0 Å². The van der Waals surface area contributed by atoms with Gasteiger partial charge in [-0.1, -0.05) is 0 Å². The van der Waals surface area contributed by atoms with E-state index in [2.05, 4.69) is 15.1 Å². The molecular formula is C29H38N4O8. The number of aromatic hydroxyl groups is 2. The molecule has 5 N–H and O–H groups in total. The maximum absolute atomic E-state index is 13.8. The lowest BCUT2D eigenvalue weighted by Gasteiger charge is -2.59. The Morgan fingerprint density at radius 2 is 1.76 bits per heavy atom. The van der Waals surface area contributed by atoms with Gasteiger partial charge in [0.15, 0.2) is 23.0 Å². The van der Waals surface area contributed by atoms with Crippen LogP contribution in [0.25, 0.3) is 0 Å². The molecule has 1 aliphatic carbocycles. The summed E-state index contributed by atoms with van der Waals surface area (Å²) in [7, 11) is 6.25. The average molecular weight is 571 g/mol. The molecule has 0 saturated carbocycles. The summed E-state index contributed by atoms with van der Waals surface area (Å²) in [5.41, 5.74) is 8.03. The number of carbonyl (C=O) groups is 3. The number of methoxy groups -OCH3 is 3. The van der Waals surface area contributed by atoms with E-state index in [4.69, 9.17) is 19.9 Å². The monoisotopic (exact) mass is 570 g/mol. The molecule has 12 nitrogen and oxygen atoms in total. The Hall–Kier alpha value is -3.45. The van der Waals surface area contributed by atoms with Crippen molar-refractivity contribution >= 4 is 17.5 Å². The number of rotatable bonds is 6. The molecular weight excluding hydrogens is 532 g/mol. The van der Waals surface area contributed by atoms with Crippen molar-refractivity contribution in [2.24, 2.45) is 5.73 Å². The van der Waals surface area contributed by atoms with Gasteiger partial charge < -0.3 is 35.5 Å². The molecule has 1 amide bonds. The summed E-state index contributed by atoms with van der Waals surface area (Å²) < 4.78 is 16.8. The molecule has 12 heteroatoms. The molecule has 2 bridgehead atoms. The topological polar surface area (TPSA) is 164 Å². The zero-order valence-corrected chi connectivity index (χ0v) is 24.4. The molecule has 1 aromatic carbocycles. The van der Waals surface area contributed by atoms with Crippen molar-refractivity contribution in [2.75, 3.05) is 41.5 Å². The zero-order chi connectivity index (χ0) is 30.1. The van der Waals surface area contributed by atoms with Crippen LogP contribution in [-0.2, 0) is 23.9 Å². The maximum Gasteiger partial charge on any atom is 0.236 e. The Kier molecular flexibility index (Phi) is 7.39. The van der Waals surface area contributed by atoms with Gasteiger partial charge in [-0.2, -0.15) is 0 Å². The van der Waals surface area contributed by atoms with Crippen LogP contribution in [0.15, 0.2) is 22.5 Å². The number of hydrogen-bond donors (Lipinski definition) is 4. The van der Waals surface area contributed by atoms with Gasteiger partial charge in [0.25, 0.3) is 0 Å².